The Hall–Kier alpha value is -2.55. The molecule has 0 bridgehead atoms. The number of carbonyl (C=O) groups excluding carboxylic acids is 1. The molecule has 0 aliphatic carbocycles. The highest BCUT2D eigenvalue weighted by Gasteiger charge is 2.12. The predicted molar refractivity (Wildman–Crippen MR) is 82.7 cm³/mol. The number of hydrogen-bond donors (Lipinski definition) is 1. The standard InChI is InChI=1S/C15H11NO2.C2H6/c17-10-14-15(16-11-6-2-1-3-7-11)12-8-4-5-9-13(12)18-14;1-2/h1-10,16H;1-2H3. The largest absolute Gasteiger partial charge is 0.451 e. The highest BCUT2D eigenvalue weighted by atomic mass is 16.3. The van der Waals surface area contributed by atoms with Gasteiger partial charge in [0, 0.05) is 11.1 Å². The molecule has 3 aromatic rings. The first-order valence-corrected chi connectivity index (χ1v) is 6.67. The second kappa shape index (κ2) is 6.57. The number of carbonyl (C=O) groups is 1. The molecular formula is C17H17NO2. The Bertz CT molecular complexity index is 687. The number of rotatable bonds is 3. The molecule has 0 spiro atoms. The second-order valence-electron chi connectivity index (χ2n) is 3.95. The Kier molecular flexibility index (Phi) is 4.56. The smallest absolute Gasteiger partial charge is 0.191 e. The number of anilines is 2. The summed E-state index contributed by atoms with van der Waals surface area (Å²) < 4.78 is 5.49. The van der Waals surface area contributed by atoms with Gasteiger partial charge in [0.2, 0.25) is 0 Å². The van der Waals surface area contributed by atoms with E-state index in [4.69, 9.17) is 4.42 Å². The van der Waals surface area contributed by atoms with Gasteiger partial charge in [0.25, 0.3) is 0 Å². The van der Waals surface area contributed by atoms with Crippen LogP contribution in [-0.4, -0.2) is 6.29 Å². The Morgan fingerprint density at radius 3 is 2.30 bits per heavy atom. The molecule has 1 N–H and O–H groups in total. The van der Waals surface area contributed by atoms with Gasteiger partial charge in [0.15, 0.2) is 12.0 Å². The van der Waals surface area contributed by atoms with Gasteiger partial charge in [-0.3, -0.25) is 4.79 Å². The van der Waals surface area contributed by atoms with Crippen molar-refractivity contribution in [3.8, 4) is 0 Å². The normalized spacial score (nSPS) is 9.70. The molecule has 1 heterocycles. The minimum Gasteiger partial charge on any atom is -0.451 e. The van der Waals surface area contributed by atoms with Crippen molar-refractivity contribution in [1.29, 1.82) is 0 Å². The summed E-state index contributed by atoms with van der Waals surface area (Å²) in [5.74, 6) is 0.319. The zero-order valence-corrected chi connectivity index (χ0v) is 11.6. The molecular weight excluding hydrogens is 250 g/mol. The molecule has 0 saturated carbocycles. The van der Waals surface area contributed by atoms with Crippen LogP contribution in [-0.2, 0) is 0 Å². The van der Waals surface area contributed by atoms with Crippen molar-refractivity contribution in [2.24, 2.45) is 0 Å². The number of fused-ring (bicyclic) bond motifs is 1. The van der Waals surface area contributed by atoms with Gasteiger partial charge in [-0.1, -0.05) is 44.2 Å². The lowest BCUT2D eigenvalue weighted by atomic mass is 10.2. The van der Waals surface area contributed by atoms with Crippen LogP contribution in [0, 0.1) is 0 Å². The van der Waals surface area contributed by atoms with E-state index in [1.165, 1.54) is 0 Å². The van der Waals surface area contributed by atoms with Crippen LogP contribution in [0.25, 0.3) is 11.0 Å². The summed E-state index contributed by atoms with van der Waals surface area (Å²) in [5.41, 5.74) is 2.34. The van der Waals surface area contributed by atoms with Gasteiger partial charge < -0.3 is 9.73 Å². The third kappa shape index (κ3) is 2.72. The van der Waals surface area contributed by atoms with Crippen molar-refractivity contribution < 1.29 is 9.21 Å². The predicted octanol–water partition coefficient (Wildman–Crippen LogP) is 5.02. The van der Waals surface area contributed by atoms with Crippen LogP contribution in [0.2, 0.25) is 0 Å². The van der Waals surface area contributed by atoms with Crippen LogP contribution in [0.5, 0.6) is 0 Å². The van der Waals surface area contributed by atoms with Gasteiger partial charge in [-0.15, -0.1) is 0 Å². The van der Waals surface area contributed by atoms with E-state index >= 15 is 0 Å². The fourth-order valence-electron chi connectivity index (χ4n) is 1.94. The highest BCUT2D eigenvalue weighted by molar-refractivity contribution is 6.00. The summed E-state index contributed by atoms with van der Waals surface area (Å²) in [6.45, 7) is 4.00. The van der Waals surface area contributed by atoms with E-state index < -0.39 is 0 Å². The van der Waals surface area contributed by atoms with E-state index in [2.05, 4.69) is 5.32 Å². The van der Waals surface area contributed by atoms with Gasteiger partial charge in [-0.25, -0.2) is 0 Å². The van der Waals surface area contributed by atoms with Gasteiger partial charge in [0.1, 0.15) is 5.58 Å². The maximum absolute atomic E-state index is 11.1. The lowest BCUT2D eigenvalue weighted by molar-refractivity contribution is 0.110. The lowest BCUT2D eigenvalue weighted by Crippen LogP contribution is -1.91. The molecule has 3 rings (SSSR count). The Labute approximate surface area is 118 Å². The van der Waals surface area contributed by atoms with E-state index in [1.807, 2.05) is 68.4 Å². The fourth-order valence-corrected chi connectivity index (χ4v) is 1.94. The Morgan fingerprint density at radius 2 is 1.60 bits per heavy atom. The maximum Gasteiger partial charge on any atom is 0.191 e. The minimum atomic E-state index is 0.319. The van der Waals surface area contributed by atoms with E-state index in [0.29, 0.717) is 17.0 Å². The van der Waals surface area contributed by atoms with Crippen molar-refractivity contribution in [2.45, 2.75) is 13.8 Å². The summed E-state index contributed by atoms with van der Waals surface area (Å²) in [5, 5.41) is 4.13. The SMILES string of the molecule is CC.O=Cc1oc2ccccc2c1Nc1ccccc1. The van der Waals surface area contributed by atoms with Crippen LogP contribution in [0.1, 0.15) is 24.4 Å². The zero-order chi connectivity index (χ0) is 14.4. The molecule has 0 fully saturated rings. The van der Waals surface area contributed by atoms with Gasteiger partial charge in [0.05, 0.1) is 5.69 Å². The lowest BCUT2D eigenvalue weighted by Gasteiger charge is -2.04. The third-order valence-corrected chi connectivity index (χ3v) is 2.77. The monoisotopic (exact) mass is 267 g/mol. The van der Waals surface area contributed by atoms with Gasteiger partial charge in [-0.2, -0.15) is 0 Å². The Morgan fingerprint density at radius 1 is 0.950 bits per heavy atom. The summed E-state index contributed by atoms with van der Waals surface area (Å²) in [4.78, 5) is 11.1. The molecule has 0 atom stereocenters. The zero-order valence-electron chi connectivity index (χ0n) is 11.6. The summed E-state index contributed by atoms with van der Waals surface area (Å²) >= 11 is 0. The van der Waals surface area contributed by atoms with E-state index in [0.717, 1.165) is 17.4 Å². The van der Waals surface area contributed by atoms with Crippen molar-refractivity contribution >= 4 is 28.6 Å². The van der Waals surface area contributed by atoms with Crippen molar-refractivity contribution in [2.75, 3.05) is 5.32 Å². The van der Waals surface area contributed by atoms with Gasteiger partial charge >= 0.3 is 0 Å². The van der Waals surface area contributed by atoms with Crippen molar-refractivity contribution in [3.63, 3.8) is 0 Å². The molecule has 20 heavy (non-hydrogen) atoms. The number of nitrogens with one attached hydrogen (secondary N) is 1. The topological polar surface area (TPSA) is 42.2 Å². The van der Waals surface area contributed by atoms with E-state index in [1.54, 1.807) is 0 Å². The number of aldehydes is 1. The Balaban J connectivity index is 0.000000704. The average Bonchev–Trinajstić information content (AvgIpc) is 2.88. The molecule has 1 aromatic heterocycles. The van der Waals surface area contributed by atoms with Crippen molar-refractivity contribution in [3.05, 3.63) is 60.4 Å². The van der Waals surface area contributed by atoms with Crippen LogP contribution < -0.4 is 5.32 Å². The molecule has 0 aliphatic rings. The molecule has 0 unspecified atom stereocenters. The molecule has 3 nitrogen and oxygen atoms in total. The average molecular weight is 267 g/mol. The molecule has 102 valence electrons. The van der Waals surface area contributed by atoms with Crippen LogP contribution in [0.15, 0.2) is 59.0 Å². The number of benzene rings is 2. The second-order valence-corrected chi connectivity index (χ2v) is 3.95. The number of hydrogen-bond acceptors (Lipinski definition) is 3. The summed E-state index contributed by atoms with van der Waals surface area (Å²) in [7, 11) is 0. The van der Waals surface area contributed by atoms with E-state index in [9.17, 15) is 4.79 Å². The number of furan rings is 1. The molecule has 0 aliphatic heterocycles. The van der Waals surface area contributed by atoms with Crippen molar-refractivity contribution in [1.82, 2.24) is 0 Å². The summed E-state index contributed by atoms with van der Waals surface area (Å²) in [6.07, 6.45) is 0.727. The third-order valence-electron chi connectivity index (χ3n) is 2.77. The van der Waals surface area contributed by atoms with Crippen LogP contribution in [0.4, 0.5) is 11.4 Å². The molecule has 0 amide bonds. The molecule has 0 saturated heterocycles. The molecule has 0 radical (unpaired) electrons. The summed E-state index contributed by atoms with van der Waals surface area (Å²) in [6, 6.07) is 17.3. The van der Waals surface area contributed by atoms with Crippen LogP contribution in [0.3, 0.4) is 0 Å². The van der Waals surface area contributed by atoms with Crippen LogP contribution >= 0.6 is 0 Å². The van der Waals surface area contributed by atoms with E-state index in [-0.39, 0.29) is 0 Å². The maximum atomic E-state index is 11.1. The first-order chi connectivity index (χ1) is 9.88. The highest BCUT2D eigenvalue weighted by Crippen LogP contribution is 2.31. The minimum absolute atomic E-state index is 0.319. The fraction of sp³-hybridized carbons (Fsp3) is 0.118. The number of para-hydroxylation sites is 2. The first-order valence-electron chi connectivity index (χ1n) is 6.67. The molecule has 3 heteroatoms. The quantitative estimate of drug-likeness (QED) is 0.678. The van der Waals surface area contributed by atoms with Gasteiger partial charge in [-0.05, 0) is 24.3 Å². The molecule has 2 aromatic carbocycles. The first kappa shape index (κ1) is 13.9.